The van der Waals surface area contributed by atoms with E-state index in [1.807, 2.05) is 13.0 Å². The van der Waals surface area contributed by atoms with Crippen LogP contribution >= 0.6 is 0 Å². The number of pyridine rings is 1. The molecule has 3 heteroatoms. The summed E-state index contributed by atoms with van der Waals surface area (Å²) in [6, 6.07) is 17.5. The van der Waals surface area contributed by atoms with Crippen LogP contribution in [-0.2, 0) is 13.0 Å². The fourth-order valence-electron chi connectivity index (χ4n) is 4.91. The number of hydrogen-bond acceptors (Lipinski definition) is 3. The maximum absolute atomic E-state index is 6.48. The Labute approximate surface area is 199 Å². The van der Waals surface area contributed by atoms with Crippen LogP contribution in [0.1, 0.15) is 60.2 Å². The normalized spacial score (nSPS) is 13.2. The summed E-state index contributed by atoms with van der Waals surface area (Å²) in [5.41, 5.74) is 9.55. The van der Waals surface area contributed by atoms with E-state index < -0.39 is 0 Å². The number of nitrogens with zero attached hydrogens (tertiary/aromatic N) is 2. The molecule has 3 aromatic rings. The third-order valence-corrected chi connectivity index (χ3v) is 6.97. The second-order valence-corrected chi connectivity index (χ2v) is 9.10. The van der Waals surface area contributed by atoms with Crippen molar-refractivity contribution in [2.45, 2.75) is 66.5 Å². The predicted octanol–water partition coefficient (Wildman–Crippen LogP) is 7.27. The van der Waals surface area contributed by atoms with Crippen molar-refractivity contribution < 1.29 is 4.74 Å². The molecule has 0 amide bonds. The Balaban J connectivity index is 1.57. The zero-order valence-corrected chi connectivity index (χ0v) is 20.7. The van der Waals surface area contributed by atoms with Crippen LogP contribution in [0.5, 0.6) is 5.75 Å². The molecule has 3 nitrogen and oxygen atoms in total. The van der Waals surface area contributed by atoms with Crippen LogP contribution in [0.25, 0.3) is 17.3 Å². The average molecular weight is 441 g/mol. The van der Waals surface area contributed by atoms with E-state index in [4.69, 9.17) is 9.72 Å². The van der Waals surface area contributed by atoms with Crippen molar-refractivity contribution in [3.05, 3.63) is 88.2 Å². The molecular weight excluding hydrogens is 404 g/mol. The van der Waals surface area contributed by atoms with Crippen LogP contribution in [0.2, 0.25) is 0 Å². The third-order valence-electron chi connectivity index (χ3n) is 6.97. The van der Waals surface area contributed by atoms with Gasteiger partial charge in [-0.15, -0.1) is 0 Å². The molecule has 4 rings (SSSR count). The highest BCUT2D eigenvalue weighted by Gasteiger charge is 2.18. The summed E-state index contributed by atoms with van der Waals surface area (Å²) >= 11 is 0. The summed E-state index contributed by atoms with van der Waals surface area (Å²) in [5.74, 6) is 0.921. The third kappa shape index (κ3) is 4.98. The first-order chi connectivity index (χ1) is 16.0. The highest BCUT2D eigenvalue weighted by Crippen LogP contribution is 2.33. The van der Waals surface area contributed by atoms with Gasteiger partial charge in [-0.25, -0.2) is 0 Å². The van der Waals surface area contributed by atoms with E-state index >= 15 is 0 Å². The van der Waals surface area contributed by atoms with Crippen molar-refractivity contribution in [1.82, 2.24) is 9.88 Å². The van der Waals surface area contributed by atoms with Gasteiger partial charge in [0.2, 0.25) is 0 Å². The van der Waals surface area contributed by atoms with Gasteiger partial charge in [0.05, 0.1) is 5.69 Å². The van der Waals surface area contributed by atoms with Crippen molar-refractivity contribution in [2.24, 2.45) is 0 Å². The van der Waals surface area contributed by atoms with Crippen LogP contribution < -0.4 is 4.74 Å². The minimum absolute atomic E-state index is 0.558. The van der Waals surface area contributed by atoms with E-state index in [9.17, 15) is 0 Å². The predicted molar refractivity (Wildman–Crippen MR) is 138 cm³/mol. The van der Waals surface area contributed by atoms with Gasteiger partial charge < -0.3 is 9.64 Å². The van der Waals surface area contributed by atoms with Crippen LogP contribution in [0.15, 0.2) is 54.7 Å². The fraction of sp³-hybridized carbons (Fsp3) is 0.367. The summed E-state index contributed by atoms with van der Waals surface area (Å²) in [5, 5.41) is 0. The molecule has 0 fully saturated rings. The van der Waals surface area contributed by atoms with Gasteiger partial charge in [-0.1, -0.05) is 44.2 Å². The lowest BCUT2D eigenvalue weighted by molar-refractivity contribution is 0.267. The van der Waals surface area contributed by atoms with Gasteiger partial charge in [-0.2, -0.15) is 0 Å². The summed E-state index contributed by atoms with van der Waals surface area (Å²) in [6.07, 6.45) is 8.03. The van der Waals surface area contributed by atoms with Gasteiger partial charge in [0, 0.05) is 23.8 Å². The molecule has 1 aliphatic heterocycles. The van der Waals surface area contributed by atoms with Gasteiger partial charge in [-0.05, 0) is 98.3 Å². The molecule has 0 N–H and O–H groups in total. The lowest BCUT2D eigenvalue weighted by Gasteiger charge is -2.28. The minimum Gasteiger partial charge on any atom is -0.488 e. The number of hydrogen-bond donors (Lipinski definition) is 0. The molecule has 1 aromatic heterocycles. The molecule has 0 saturated carbocycles. The van der Waals surface area contributed by atoms with Crippen molar-refractivity contribution in [1.29, 1.82) is 0 Å². The Morgan fingerprint density at radius 1 is 0.970 bits per heavy atom. The van der Waals surface area contributed by atoms with Crippen LogP contribution in [0.3, 0.4) is 0 Å². The Hall–Kier alpha value is -3.07. The quantitative estimate of drug-likeness (QED) is 0.386. The van der Waals surface area contributed by atoms with Gasteiger partial charge in [0.25, 0.3) is 0 Å². The Morgan fingerprint density at radius 2 is 1.76 bits per heavy atom. The van der Waals surface area contributed by atoms with Gasteiger partial charge in [-0.3, -0.25) is 4.98 Å². The Bertz CT molecular complexity index is 1140. The van der Waals surface area contributed by atoms with Gasteiger partial charge >= 0.3 is 0 Å². The lowest BCUT2D eigenvalue weighted by Crippen LogP contribution is -2.30. The molecule has 2 aromatic carbocycles. The number of benzene rings is 2. The van der Waals surface area contributed by atoms with Crippen molar-refractivity contribution in [3.8, 4) is 17.0 Å². The number of rotatable bonds is 7. The molecule has 0 saturated heterocycles. The number of fused-ring (bicyclic) bond motifs is 1. The lowest BCUT2D eigenvalue weighted by atomic mass is 9.95. The standard InChI is InChI=1S/C30H36N2O/c1-6-26(7-2)32-18-16-24-14-15-25(23(5)27(24)17-19-32)20-33-30-21(3)10-8-12-28(30)29-13-9-11-22(4)31-29/h8-16,18,26H,6-7,17,19-20H2,1-5H3. The molecule has 0 atom stereocenters. The van der Waals surface area contributed by atoms with E-state index in [1.165, 1.54) is 35.1 Å². The van der Waals surface area contributed by atoms with Crippen LogP contribution in [-0.4, -0.2) is 22.5 Å². The number of ether oxygens (including phenoxy) is 1. The van der Waals surface area contributed by atoms with Crippen LogP contribution in [0, 0.1) is 20.8 Å². The van der Waals surface area contributed by atoms with E-state index in [2.05, 4.69) is 87.3 Å². The number of aromatic nitrogens is 1. The largest absolute Gasteiger partial charge is 0.488 e. The number of para-hydroxylation sites is 1. The van der Waals surface area contributed by atoms with Crippen LogP contribution in [0.4, 0.5) is 0 Å². The molecule has 33 heavy (non-hydrogen) atoms. The maximum atomic E-state index is 6.48. The zero-order chi connectivity index (χ0) is 23.4. The average Bonchev–Trinajstić information content (AvgIpc) is 3.03. The SMILES string of the molecule is CCC(CC)N1C=Cc2ccc(COc3c(C)cccc3-c3cccc(C)n3)c(C)c2CC1. The summed E-state index contributed by atoms with van der Waals surface area (Å²) in [6.45, 7) is 12.6. The van der Waals surface area contributed by atoms with E-state index in [0.717, 1.165) is 41.2 Å². The van der Waals surface area contributed by atoms with Gasteiger partial charge in [0.1, 0.15) is 12.4 Å². The first kappa shape index (κ1) is 23.1. The van der Waals surface area contributed by atoms with E-state index in [-0.39, 0.29) is 0 Å². The highest BCUT2D eigenvalue weighted by molar-refractivity contribution is 5.69. The molecular formula is C30H36N2O. The van der Waals surface area contributed by atoms with Gasteiger partial charge in [0.15, 0.2) is 0 Å². The molecule has 1 aliphatic rings. The molecule has 172 valence electrons. The second-order valence-electron chi connectivity index (χ2n) is 9.10. The Kier molecular flexibility index (Phi) is 7.17. The summed E-state index contributed by atoms with van der Waals surface area (Å²) < 4.78 is 6.48. The molecule has 0 bridgehead atoms. The smallest absolute Gasteiger partial charge is 0.132 e. The monoisotopic (exact) mass is 440 g/mol. The summed E-state index contributed by atoms with van der Waals surface area (Å²) in [4.78, 5) is 7.25. The van der Waals surface area contributed by atoms with Crippen molar-refractivity contribution in [3.63, 3.8) is 0 Å². The summed E-state index contributed by atoms with van der Waals surface area (Å²) in [7, 11) is 0. The van der Waals surface area contributed by atoms with Crippen molar-refractivity contribution >= 4 is 6.08 Å². The van der Waals surface area contributed by atoms with Crippen molar-refractivity contribution in [2.75, 3.05) is 6.54 Å². The van der Waals surface area contributed by atoms with E-state index in [1.54, 1.807) is 0 Å². The zero-order valence-electron chi connectivity index (χ0n) is 20.7. The molecule has 0 spiro atoms. The molecule has 2 heterocycles. The first-order valence-corrected chi connectivity index (χ1v) is 12.2. The molecule has 0 aliphatic carbocycles. The first-order valence-electron chi connectivity index (χ1n) is 12.2. The fourth-order valence-corrected chi connectivity index (χ4v) is 4.91. The highest BCUT2D eigenvalue weighted by atomic mass is 16.5. The number of aryl methyl sites for hydroxylation is 2. The molecule has 0 unspecified atom stereocenters. The topological polar surface area (TPSA) is 25.4 Å². The molecule has 0 radical (unpaired) electrons. The Morgan fingerprint density at radius 3 is 2.52 bits per heavy atom. The second kappa shape index (κ2) is 10.2. The maximum Gasteiger partial charge on any atom is 0.132 e. The minimum atomic E-state index is 0.558. The van der Waals surface area contributed by atoms with E-state index in [0.29, 0.717) is 12.6 Å².